The minimum absolute atomic E-state index is 0.158. The number of anilines is 1. The fourth-order valence-corrected chi connectivity index (χ4v) is 2.46. The molecule has 8 nitrogen and oxygen atoms in total. The van der Waals surface area contributed by atoms with E-state index in [1.54, 1.807) is 55.8 Å². The van der Waals surface area contributed by atoms with Crippen LogP contribution in [0, 0.1) is 0 Å². The molecule has 0 radical (unpaired) electrons. The number of carbonyl (C=O) groups is 1. The van der Waals surface area contributed by atoms with Crippen LogP contribution in [0.3, 0.4) is 0 Å². The summed E-state index contributed by atoms with van der Waals surface area (Å²) in [6.45, 7) is 2.50. The Kier molecular flexibility index (Phi) is 8.71. The number of hydrazone groups is 1. The molecule has 0 aliphatic carbocycles. The summed E-state index contributed by atoms with van der Waals surface area (Å²) in [6, 6.07) is 12.3. The number of amides is 1. The zero-order valence-electron chi connectivity index (χ0n) is 16.5. The van der Waals surface area contributed by atoms with E-state index in [-0.39, 0.29) is 12.5 Å². The Labute approximate surface area is 175 Å². The van der Waals surface area contributed by atoms with Gasteiger partial charge in [-0.15, -0.1) is 0 Å². The summed E-state index contributed by atoms with van der Waals surface area (Å²) in [7, 11) is 3.11. The van der Waals surface area contributed by atoms with Gasteiger partial charge in [-0.3, -0.25) is 10.2 Å². The first-order valence-electron chi connectivity index (χ1n) is 8.87. The third-order valence-electron chi connectivity index (χ3n) is 3.64. The van der Waals surface area contributed by atoms with E-state index in [0.29, 0.717) is 34.6 Å². The molecule has 0 aromatic heterocycles. The molecular formula is C20H24N4O4S. The first kappa shape index (κ1) is 22.0. The number of nitrogens with zero attached hydrogens (tertiary/aromatic N) is 1. The van der Waals surface area contributed by atoms with Gasteiger partial charge >= 0.3 is 0 Å². The molecule has 2 rings (SSSR count). The van der Waals surface area contributed by atoms with Crippen LogP contribution in [-0.2, 0) is 4.79 Å². The Hall–Kier alpha value is -3.33. The van der Waals surface area contributed by atoms with Crippen molar-refractivity contribution in [3.8, 4) is 17.2 Å². The maximum Gasteiger partial charge on any atom is 0.262 e. The molecule has 9 heteroatoms. The van der Waals surface area contributed by atoms with E-state index in [2.05, 4.69) is 21.2 Å². The highest BCUT2D eigenvalue weighted by atomic mass is 32.1. The highest BCUT2D eigenvalue weighted by molar-refractivity contribution is 7.80. The monoisotopic (exact) mass is 416 g/mol. The minimum Gasteiger partial charge on any atom is -0.497 e. The van der Waals surface area contributed by atoms with Gasteiger partial charge in [-0.05, 0) is 67.2 Å². The summed E-state index contributed by atoms with van der Waals surface area (Å²) in [6.07, 6.45) is 1.60. The number of carbonyl (C=O) groups excluding carboxylic acids is 1. The number of benzene rings is 2. The van der Waals surface area contributed by atoms with Crippen molar-refractivity contribution in [3.63, 3.8) is 0 Å². The van der Waals surface area contributed by atoms with Gasteiger partial charge in [-0.25, -0.2) is 0 Å². The van der Waals surface area contributed by atoms with Crippen LogP contribution in [0.25, 0.3) is 0 Å². The molecule has 0 saturated heterocycles. The normalized spacial score (nSPS) is 10.3. The summed E-state index contributed by atoms with van der Waals surface area (Å²) in [5, 5.41) is 10.2. The number of thiocarbonyl (C=S) groups is 1. The fourth-order valence-electron chi connectivity index (χ4n) is 2.26. The molecule has 154 valence electrons. The van der Waals surface area contributed by atoms with Gasteiger partial charge in [-0.1, -0.05) is 0 Å². The average molecular weight is 417 g/mol. The zero-order valence-corrected chi connectivity index (χ0v) is 17.3. The molecule has 29 heavy (non-hydrogen) atoms. The maximum absolute atomic E-state index is 12.1. The number of rotatable bonds is 9. The van der Waals surface area contributed by atoms with E-state index in [1.165, 1.54) is 7.11 Å². The third kappa shape index (κ3) is 7.30. The van der Waals surface area contributed by atoms with Crippen molar-refractivity contribution in [2.75, 3.05) is 32.7 Å². The summed E-state index contributed by atoms with van der Waals surface area (Å²) < 4.78 is 16.0. The summed E-state index contributed by atoms with van der Waals surface area (Å²) >= 11 is 5.03. The summed E-state index contributed by atoms with van der Waals surface area (Å²) in [5.74, 6) is 1.36. The number of methoxy groups -OCH3 is 2. The number of nitrogens with one attached hydrogen (secondary N) is 3. The Morgan fingerprint density at radius 2 is 1.86 bits per heavy atom. The molecule has 0 heterocycles. The minimum atomic E-state index is -0.288. The zero-order chi connectivity index (χ0) is 21.1. The Bertz CT molecular complexity index is 856. The van der Waals surface area contributed by atoms with E-state index < -0.39 is 0 Å². The molecule has 0 atom stereocenters. The number of hydrogen-bond acceptors (Lipinski definition) is 6. The standard InChI is InChI=1S/C20H24N4O4S/c1-4-21-20(29)24-22-12-14-5-10-17(18(11-14)27-3)28-13-19(25)23-15-6-8-16(26-2)9-7-15/h5-12H,4,13H2,1-3H3,(H,23,25)(H2,21,24,29). The molecule has 0 spiro atoms. The highest BCUT2D eigenvalue weighted by Crippen LogP contribution is 2.27. The molecule has 0 bridgehead atoms. The van der Waals surface area contributed by atoms with Crippen LogP contribution in [0.5, 0.6) is 17.2 Å². The van der Waals surface area contributed by atoms with Crippen molar-refractivity contribution < 1.29 is 19.0 Å². The third-order valence-corrected chi connectivity index (χ3v) is 3.87. The van der Waals surface area contributed by atoms with Gasteiger partial charge in [0.15, 0.2) is 23.2 Å². The second kappa shape index (κ2) is 11.5. The lowest BCUT2D eigenvalue weighted by atomic mass is 10.2. The van der Waals surface area contributed by atoms with Gasteiger partial charge in [0.2, 0.25) is 0 Å². The van der Waals surface area contributed by atoms with E-state index in [4.69, 9.17) is 26.4 Å². The van der Waals surface area contributed by atoms with E-state index in [9.17, 15) is 4.79 Å². The lowest BCUT2D eigenvalue weighted by molar-refractivity contribution is -0.118. The van der Waals surface area contributed by atoms with Crippen LogP contribution >= 0.6 is 12.2 Å². The molecule has 0 aliphatic rings. The van der Waals surface area contributed by atoms with Crippen molar-refractivity contribution in [3.05, 3.63) is 48.0 Å². The largest absolute Gasteiger partial charge is 0.497 e. The molecule has 0 aliphatic heterocycles. The van der Waals surface area contributed by atoms with Crippen molar-refractivity contribution in [2.24, 2.45) is 5.10 Å². The average Bonchev–Trinajstić information content (AvgIpc) is 2.73. The van der Waals surface area contributed by atoms with E-state index in [1.807, 2.05) is 6.92 Å². The van der Waals surface area contributed by atoms with Gasteiger partial charge in [-0.2, -0.15) is 5.10 Å². The molecule has 0 saturated carbocycles. The molecule has 3 N–H and O–H groups in total. The van der Waals surface area contributed by atoms with Gasteiger partial charge < -0.3 is 24.8 Å². The number of hydrogen-bond donors (Lipinski definition) is 3. The predicted molar refractivity (Wildman–Crippen MR) is 117 cm³/mol. The molecule has 0 unspecified atom stereocenters. The van der Waals surface area contributed by atoms with Crippen LogP contribution in [0.4, 0.5) is 5.69 Å². The van der Waals surface area contributed by atoms with E-state index >= 15 is 0 Å². The quantitative estimate of drug-likeness (QED) is 0.329. The van der Waals surface area contributed by atoms with Crippen LogP contribution in [0.15, 0.2) is 47.6 Å². The lowest BCUT2D eigenvalue weighted by Gasteiger charge is -2.11. The Balaban J connectivity index is 1.91. The van der Waals surface area contributed by atoms with Gasteiger partial charge in [0.1, 0.15) is 5.75 Å². The smallest absolute Gasteiger partial charge is 0.262 e. The lowest BCUT2D eigenvalue weighted by Crippen LogP contribution is -2.31. The van der Waals surface area contributed by atoms with Gasteiger partial charge in [0.05, 0.1) is 20.4 Å². The van der Waals surface area contributed by atoms with Crippen molar-refractivity contribution in [1.29, 1.82) is 0 Å². The Morgan fingerprint density at radius 3 is 2.52 bits per heavy atom. The molecular weight excluding hydrogens is 392 g/mol. The molecule has 1 amide bonds. The molecule has 2 aromatic carbocycles. The number of ether oxygens (including phenoxy) is 3. The predicted octanol–water partition coefficient (Wildman–Crippen LogP) is 2.54. The van der Waals surface area contributed by atoms with Gasteiger partial charge in [0.25, 0.3) is 5.91 Å². The second-order valence-electron chi connectivity index (χ2n) is 5.71. The van der Waals surface area contributed by atoms with Crippen LogP contribution in [0.1, 0.15) is 12.5 Å². The maximum atomic E-state index is 12.1. The van der Waals surface area contributed by atoms with Gasteiger partial charge in [0, 0.05) is 12.2 Å². The van der Waals surface area contributed by atoms with Crippen molar-refractivity contribution >= 4 is 35.1 Å². The Morgan fingerprint density at radius 1 is 1.10 bits per heavy atom. The summed E-state index contributed by atoms with van der Waals surface area (Å²) in [4.78, 5) is 12.1. The van der Waals surface area contributed by atoms with Crippen LogP contribution in [0.2, 0.25) is 0 Å². The van der Waals surface area contributed by atoms with Crippen molar-refractivity contribution in [2.45, 2.75) is 6.92 Å². The fraction of sp³-hybridized carbons (Fsp3) is 0.250. The topological polar surface area (TPSA) is 93.2 Å². The second-order valence-corrected chi connectivity index (χ2v) is 6.11. The van der Waals surface area contributed by atoms with Crippen LogP contribution < -0.4 is 30.3 Å². The SMILES string of the molecule is CCNC(=S)NN=Cc1ccc(OCC(=O)Nc2ccc(OC)cc2)c(OC)c1. The van der Waals surface area contributed by atoms with E-state index in [0.717, 1.165) is 5.56 Å². The first-order valence-corrected chi connectivity index (χ1v) is 9.28. The highest BCUT2D eigenvalue weighted by Gasteiger charge is 2.09. The first-order chi connectivity index (χ1) is 14.0. The van der Waals surface area contributed by atoms with Crippen LogP contribution in [-0.4, -0.2) is 44.6 Å². The molecule has 0 fully saturated rings. The summed E-state index contributed by atoms with van der Waals surface area (Å²) in [5.41, 5.74) is 4.15. The molecule has 2 aromatic rings. The van der Waals surface area contributed by atoms with Crippen molar-refractivity contribution in [1.82, 2.24) is 10.7 Å².